The van der Waals surface area contributed by atoms with Crippen molar-refractivity contribution in [2.24, 2.45) is 10.7 Å². The quantitative estimate of drug-likeness (QED) is 0.656. The first-order valence-corrected chi connectivity index (χ1v) is 7.81. The first-order chi connectivity index (χ1) is 11.5. The van der Waals surface area contributed by atoms with E-state index in [0.717, 1.165) is 0 Å². The maximum absolute atomic E-state index is 12.0. The summed E-state index contributed by atoms with van der Waals surface area (Å²) in [6, 6.07) is -0.403. The minimum atomic E-state index is -0.419. The predicted molar refractivity (Wildman–Crippen MR) is 99.6 cm³/mol. The lowest BCUT2D eigenvalue weighted by atomic mass is 10.0. The highest BCUT2D eigenvalue weighted by Gasteiger charge is 2.25. The Kier molecular flexibility index (Phi) is 9.64. The SMILES string of the molecule is C#C.C=Cc1c(N=C)[nH]c(=O)n1C1CCN(C(N)=O)CC1.CCC. The van der Waals surface area contributed by atoms with Gasteiger partial charge in [-0.3, -0.25) is 9.55 Å². The Balaban J connectivity index is 0.000000952. The number of urea groups is 1. The predicted octanol–water partition coefficient (Wildman–Crippen LogP) is 2.53. The number of nitrogens with zero attached hydrogens (tertiary/aromatic N) is 3. The number of H-pyrrole nitrogens is 1. The monoisotopic (exact) mass is 333 g/mol. The van der Waals surface area contributed by atoms with Crippen LogP contribution in [0.3, 0.4) is 0 Å². The molecule has 0 spiro atoms. The molecule has 132 valence electrons. The number of nitrogens with two attached hydrogens (primary N) is 1. The fourth-order valence-electron chi connectivity index (χ4n) is 2.47. The summed E-state index contributed by atoms with van der Waals surface area (Å²) in [6.45, 7) is 12.5. The molecule has 0 saturated carbocycles. The molecule has 24 heavy (non-hydrogen) atoms. The van der Waals surface area contributed by atoms with Crippen molar-refractivity contribution in [3.63, 3.8) is 0 Å². The van der Waals surface area contributed by atoms with Crippen molar-refractivity contribution in [2.75, 3.05) is 13.1 Å². The smallest absolute Gasteiger partial charge is 0.327 e. The first kappa shape index (κ1) is 21.2. The van der Waals surface area contributed by atoms with Gasteiger partial charge < -0.3 is 10.6 Å². The molecule has 1 aromatic heterocycles. The number of amides is 2. The molecule has 1 aliphatic rings. The lowest BCUT2D eigenvalue weighted by Crippen LogP contribution is -2.43. The molecule has 0 atom stereocenters. The van der Waals surface area contributed by atoms with Gasteiger partial charge in [-0.25, -0.2) is 14.6 Å². The third-order valence-corrected chi connectivity index (χ3v) is 3.44. The van der Waals surface area contributed by atoms with Gasteiger partial charge in [-0.1, -0.05) is 26.8 Å². The molecule has 2 amide bonds. The van der Waals surface area contributed by atoms with Gasteiger partial charge in [0.15, 0.2) is 5.82 Å². The van der Waals surface area contributed by atoms with Crippen molar-refractivity contribution in [1.82, 2.24) is 14.5 Å². The van der Waals surface area contributed by atoms with E-state index in [4.69, 9.17) is 5.73 Å². The highest BCUT2D eigenvalue weighted by atomic mass is 16.2. The number of aromatic amines is 1. The van der Waals surface area contributed by atoms with Gasteiger partial charge in [0.25, 0.3) is 0 Å². The topological polar surface area (TPSA) is 96.5 Å². The number of imidazole rings is 1. The van der Waals surface area contributed by atoms with Gasteiger partial charge in [-0.2, -0.15) is 0 Å². The first-order valence-electron chi connectivity index (χ1n) is 7.81. The average molecular weight is 333 g/mol. The Bertz CT molecular complexity index is 619. The van der Waals surface area contributed by atoms with Crippen molar-refractivity contribution in [3.05, 3.63) is 22.8 Å². The minimum Gasteiger partial charge on any atom is -0.351 e. The number of carbonyl (C=O) groups excluding carboxylic acids is 1. The van der Waals surface area contributed by atoms with E-state index < -0.39 is 6.03 Å². The maximum Gasteiger partial charge on any atom is 0.327 e. The number of hydrogen-bond donors (Lipinski definition) is 2. The molecule has 2 heterocycles. The number of piperidine rings is 1. The molecule has 1 fully saturated rings. The molecule has 0 radical (unpaired) electrons. The summed E-state index contributed by atoms with van der Waals surface area (Å²) < 4.78 is 1.63. The molecule has 2 rings (SSSR count). The standard InChI is InChI=1S/C12H17N5O2.C3H8.C2H2/c1-3-9-10(14-2)15-12(19)17(9)8-4-6-16(7-5-8)11(13)18;1-3-2;1-2/h3,8H,1-2,4-7H2,(H2,13,18)(H,15,19);3H2,1-2H3;1-2H. The number of terminal acetylenes is 1. The van der Waals surface area contributed by atoms with E-state index in [1.54, 1.807) is 15.5 Å². The molecule has 3 N–H and O–H groups in total. The molecule has 0 bridgehead atoms. The van der Waals surface area contributed by atoms with Gasteiger partial charge in [0.2, 0.25) is 0 Å². The third kappa shape index (κ3) is 5.16. The molecule has 1 aromatic rings. The van der Waals surface area contributed by atoms with E-state index in [-0.39, 0.29) is 11.7 Å². The molecule has 1 saturated heterocycles. The van der Waals surface area contributed by atoms with Gasteiger partial charge in [0, 0.05) is 19.1 Å². The van der Waals surface area contributed by atoms with Crippen LogP contribution in [0.2, 0.25) is 0 Å². The van der Waals surface area contributed by atoms with E-state index >= 15 is 0 Å². The number of aromatic nitrogens is 2. The van der Waals surface area contributed by atoms with Gasteiger partial charge in [-0.05, 0) is 25.6 Å². The fourth-order valence-corrected chi connectivity index (χ4v) is 2.47. The number of primary amides is 1. The summed E-state index contributed by atoms with van der Waals surface area (Å²) in [6.07, 6.45) is 12.2. The minimum absolute atomic E-state index is 0.0165. The van der Waals surface area contributed by atoms with E-state index in [1.165, 1.54) is 6.42 Å². The Hall–Kier alpha value is -2.75. The Morgan fingerprint density at radius 1 is 1.42 bits per heavy atom. The molecule has 0 unspecified atom stereocenters. The van der Waals surface area contributed by atoms with Crippen LogP contribution in [0.15, 0.2) is 16.4 Å². The van der Waals surface area contributed by atoms with E-state index in [0.29, 0.717) is 37.4 Å². The number of nitrogens with one attached hydrogen (secondary N) is 1. The van der Waals surface area contributed by atoms with Gasteiger partial charge in [0.1, 0.15) is 0 Å². The normalized spacial score (nSPS) is 13.8. The molecule has 0 aliphatic carbocycles. The highest BCUT2D eigenvalue weighted by Crippen LogP contribution is 2.26. The zero-order valence-corrected chi connectivity index (χ0v) is 14.5. The van der Waals surface area contributed by atoms with Crippen LogP contribution in [0.1, 0.15) is 44.8 Å². The van der Waals surface area contributed by atoms with Crippen LogP contribution in [0.4, 0.5) is 10.6 Å². The average Bonchev–Trinajstić information content (AvgIpc) is 2.93. The summed E-state index contributed by atoms with van der Waals surface area (Å²) in [5.74, 6) is 0.428. The van der Waals surface area contributed by atoms with E-state index in [2.05, 4.69) is 50.0 Å². The number of rotatable bonds is 3. The number of hydrogen-bond acceptors (Lipinski definition) is 3. The maximum atomic E-state index is 12.0. The molecule has 0 aromatic carbocycles. The number of carbonyl (C=O) groups is 1. The van der Waals surface area contributed by atoms with Crippen LogP contribution in [-0.2, 0) is 0 Å². The third-order valence-electron chi connectivity index (χ3n) is 3.44. The largest absolute Gasteiger partial charge is 0.351 e. The number of aliphatic imine (C=N–C) groups is 1. The van der Waals surface area contributed by atoms with Gasteiger partial charge >= 0.3 is 11.7 Å². The summed E-state index contributed by atoms with van der Waals surface area (Å²) in [7, 11) is 0. The second kappa shape index (κ2) is 10.9. The summed E-state index contributed by atoms with van der Waals surface area (Å²) in [5, 5.41) is 0. The summed E-state index contributed by atoms with van der Waals surface area (Å²) in [5.41, 5.74) is 5.65. The van der Waals surface area contributed by atoms with Crippen molar-refractivity contribution in [2.45, 2.75) is 39.2 Å². The Morgan fingerprint density at radius 3 is 2.29 bits per heavy atom. The molecular formula is C17H27N5O2. The molecule has 7 nitrogen and oxygen atoms in total. The van der Waals surface area contributed by atoms with Crippen LogP contribution >= 0.6 is 0 Å². The van der Waals surface area contributed by atoms with Crippen LogP contribution in [-0.4, -0.2) is 40.3 Å². The van der Waals surface area contributed by atoms with Gasteiger partial charge in [-0.15, -0.1) is 12.8 Å². The summed E-state index contributed by atoms with van der Waals surface area (Å²) >= 11 is 0. The van der Waals surface area contributed by atoms with Crippen molar-refractivity contribution >= 4 is 24.6 Å². The van der Waals surface area contributed by atoms with Crippen LogP contribution in [0, 0.1) is 12.8 Å². The Labute approximate surface area is 143 Å². The zero-order chi connectivity index (χ0) is 18.7. The van der Waals surface area contributed by atoms with Gasteiger partial charge in [0.05, 0.1) is 5.69 Å². The van der Waals surface area contributed by atoms with E-state index in [1.807, 2.05) is 0 Å². The van der Waals surface area contributed by atoms with Crippen LogP contribution in [0.25, 0.3) is 6.08 Å². The fraction of sp³-hybridized carbons (Fsp3) is 0.471. The second-order valence-corrected chi connectivity index (χ2v) is 5.16. The highest BCUT2D eigenvalue weighted by molar-refractivity contribution is 5.72. The van der Waals surface area contributed by atoms with Crippen LogP contribution in [0.5, 0.6) is 0 Å². The number of likely N-dealkylation sites (tertiary alicyclic amines) is 1. The Morgan fingerprint density at radius 2 is 1.92 bits per heavy atom. The van der Waals surface area contributed by atoms with Crippen LogP contribution < -0.4 is 11.4 Å². The lowest BCUT2D eigenvalue weighted by molar-refractivity contribution is 0.179. The molecule has 7 heteroatoms. The van der Waals surface area contributed by atoms with Crippen molar-refractivity contribution < 1.29 is 4.79 Å². The second-order valence-electron chi connectivity index (χ2n) is 5.16. The zero-order valence-electron chi connectivity index (χ0n) is 14.5. The van der Waals surface area contributed by atoms with Crippen molar-refractivity contribution in [3.8, 4) is 12.8 Å². The van der Waals surface area contributed by atoms with Crippen molar-refractivity contribution in [1.29, 1.82) is 0 Å². The summed E-state index contributed by atoms with van der Waals surface area (Å²) in [4.78, 5) is 31.0. The molecule has 1 aliphatic heterocycles. The lowest BCUT2D eigenvalue weighted by Gasteiger charge is -2.31. The van der Waals surface area contributed by atoms with E-state index in [9.17, 15) is 9.59 Å². The molecular weight excluding hydrogens is 306 g/mol.